The molecule has 28 heavy (non-hydrogen) atoms. The quantitative estimate of drug-likeness (QED) is 0.714. The first-order valence-corrected chi connectivity index (χ1v) is 9.00. The highest BCUT2D eigenvalue weighted by atomic mass is 16.6. The lowest BCUT2D eigenvalue weighted by Gasteiger charge is -2.12. The molecule has 0 radical (unpaired) electrons. The van der Waals surface area contributed by atoms with Gasteiger partial charge in [0.2, 0.25) is 5.91 Å². The Labute approximate surface area is 161 Å². The third-order valence-electron chi connectivity index (χ3n) is 4.43. The Morgan fingerprint density at radius 3 is 2.57 bits per heavy atom. The molecule has 1 atom stereocenters. The van der Waals surface area contributed by atoms with Crippen molar-refractivity contribution < 1.29 is 18.8 Å². The van der Waals surface area contributed by atoms with Crippen molar-refractivity contribution in [1.29, 1.82) is 0 Å². The second-order valence-electron chi connectivity index (χ2n) is 6.48. The number of rotatable bonds is 6. The lowest BCUT2D eigenvalue weighted by molar-refractivity contribution is -0.120. The van der Waals surface area contributed by atoms with E-state index in [2.05, 4.69) is 10.5 Å². The molecule has 1 N–H and O–H groups in total. The van der Waals surface area contributed by atoms with E-state index in [9.17, 15) is 9.59 Å². The number of para-hydroxylation sites is 1. The molecule has 0 bridgehead atoms. The monoisotopic (exact) mass is 377 g/mol. The first-order chi connectivity index (χ1) is 13.7. The van der Waals surface area contributed by atoms with Gasteiger partial charge in [-0.1, -0.05) is 53.7 Å². The first-order valence-electron chi connectivity index (χ1n) is 9.00. The molecule has 1 aliphatic rings. The zero-order valence-electron chi connectivity index (χ0n) is 15.1. The van der Waals surface area contributed by atoms with Gasteiger partial charge >= 0.3 is 6.09 Å². The van der Waals surface area contributed by atoms with E-state index in [1.54, 1.807) is 11.0 Å². The molecule has 7 nitrogen and oxygen atoms in total. The van der Waals surface area contributed by atoms with E-state index in [4.69, 9.17) is 9.26 Å². The molecule has 0 aliphatic carbocycles. The summed E-state index contributed by atoms with van der Waals surface area (Å²) in [6.07, 6.45) is -0.706. The van der Waals surface area contributed by atoms with E-state index < -0.39 is 12.2 Å². The highest BCUT2D eigenvalue weighted by Gasteiger charge is 2.32. The van der Waals surface area contributed by atoms with Crippen LogP contribution in [0.4, 0.5) is 10.5 Å². The average molecular weight is 377 g/mol. The average Bonchev–Trinajstić information content (AvgIpc) is 3.34. The molecule has 0 spiro atoms. The van der Waals surface area contributed by atoms with Gasteiger partial charge in [-0.05, 0) is 12.1 Å². The Kier molecular flexibility index (Phi) is 5.05. The van der Waals surface area contributed by atoms with Crippen LogP contribution in [0.2, 0.25) is 0 Å². The van der Waals surface area contributed by atoms with Crippen molar-refractivity contribution in [3.63, 3.8) is 0 Å². The number of benzene rings is 2. The fraction of sp³-hybridized carbons (Fsp3) is 0.190. The number of cyclic esters (lactones) is 1. The summed E-state index contributed by atoms with van der Waals surface area (Å²) in [6, 6.07) is 20.6. The number of amides is 2. The highest BCUT2D eigenvalue weighted by Crippen LogP contribution is 2.21. The van der Waals surface area contributed by atoms with Gasteiger partial charge in [0.25, 0.3) is 0 Å². The van der Waals surface area contributed by atoms with Crippen molar-refractivity contribution >= 4 is 17.7 Å². The van der Waals surface area contributed by atoms with E-state index in [0.717, 1.165) is 11.3 Å². The smallest absolute Gasteiger partial charge is 0.414 e. The molecule has 1 saturated heterocycles. The van der Waals surface area contributed by atoms with Crippen LogP contribution in [-0.2, 0) is 16.0 Å². The number of anilines is 1. The topological polar surface area (TPSA) is 84.7 Å². The number of ether oxygens (including phenoxy) is 1. The molecule has 2 aromatic carbocycles. The largest absolute Gasteiger partial charge is 0.442 e. The lowest BCUT2D eigenvalue weighted by atomic mass is 10.1. The van der Waals surface area contributed by atoms with Crippen LogP contribution in [0.1, 0.15) is 5.69 Å². The molecule has 3 aromatic rings. The molecule has 1 fully saturated rings. The second kappa shape index (κ2) is 7.96. The summed E-state index contributed by atoms with van der Waals surface area (Å²) < 4.78 is 10.6. The number of carbonyl (C=O) groups excluding carboxylic acids is 2. The van der Waals surface area contributed by atoms with Crippen molar-refractivity contribution in [3.8, 4) is 11.3 Å². The van der Waals surface area contributed by atoms with E-state index in [1.165, 1.54) is 0 Å². The molecule has 7 heteroatoms. The normalized spacial score (nSPS) is 16.1. The molecule has 1 aliphatic heterocycles. The van der Waals surface area contributed by atoms with Gasteiger partial charge in [-0.25, -0.2) is 4.79 Å². The molecule has 2 amide bonds. The number of hydrogen-bond acceptors (Lipinski definition) is 5. The Morgan fingerprint density at radius 1 is 1.11 bits per heavy atom. The predicted octanol–water partition coefficient (Wildman–Crippen LogP) is 3.03. The van der Waals surface area contributed by atoms with E-state index in [0.29, 0.717) is 18.0 Å². The third kappa shape index (κ3) is 4.03. The van der Waals surface area contributed by atoms with Crippen molar-refractivity contribution in [3.05, 3.63) is 72.4 Å². The SMILES string of the molecule is O=C(Cc1cc(-c2ccccc2)on1)NCC1CN(c2ccccc2)C(=O)O1. The van der Waals surface area contributed by atoms with Gasteiger partial charge in [0.05, 0.1) is 25.2 Å². The van der Waals surface area contributed by atoms with Gasteiger partial charge in [0.15, 0.2) is 5.76 Å². The third-order valence-corrected chi connectivity index (χ3v) is 4.43. The summed E-state index contributed by atoms with van der Waals surface area (Å²) in [5, 5.41) is 6.74. The Hall–Kier alpha value is -3.61. The van der Waals surface area contributed by atoms with Crippen LogP contribution >= 0.6 is 0 Å². The summed E-state index contributed by atoms with van der Waals surface area (Å²) in [6.45, 7) is 0.641. The summed E-state index contributed by atoms with van der Waals surface area (Å²) >= 11 is 0. The standard InChI is InChI=1S/C21H19N3O4/c25-20(12-16-11-19(28-23-16)15-7-3-1-4-8-15)22-13-18-14-24(21(26)27-18)17-9-5-2-6-10-17/h1-11,18H,12-14H2,(H,22,25). The van der Waals surface area contributed by atoms with Crippen molar-refractivity contribution in [2.24, 2.45) is 0 Å². The maximum Gasteiger partial charge on any atom is 0.414 e. The minimum atomic E-state index is -0.408. The maximum atomic E-state index is 12.2. The Balaban J connectivity index is 1.28. The molecular weight excluding hydrogens is 358 g/mol. The van der Waals surface area contributed by atoms with Crippen molar-refractivity contribution in [2.75, 3.05) is 18.0 Å². The molecular formula is C21H19N3O4. The van der Waals surface area contributed by atoms with Crippen LogP contribution in [-0.4, -0.2) is 36.4 Å². The van der Waals surface area contributed by atoms with Gasteiger partial charge in [0.1, 0.15) is 6.10 Å². The van der Waals surface area contributed by atoms with E-state index >= 15 is 0 Å². The van der Waals surface area contributed by atoms with E-state index in [-0.39, 0.29) is 18.9 Å². The molecule has 1 aromatic heterocycles. The van der Waals surface area contributed by atoms with Gasteiger partial charge in [-0.3, -0.25) is 9.69 Å². The Bertz CT molecular complexity index is 956. The zero-order chi connectivity index (χ0) is 19.3. The molecule has 1 unspecified atom stereocenters. The summed E-state index contributed by atoms with van der Waals surface area (Å²) in [7, 11) is 0. The first kappa shape index (κ1) is 17.8. The van der Waals surface area contributed by atoms with Crippen molar-refractivity contribution in [2.45, 2.75) is 12.5 Å². The van der Waals surface area contributed by atoms with Crippen LogP contribution in [0.25, 0.3) is 11.3 Å². The van der Waals surface area contributed by atoms with E-state index in [1.807, 2.05) is 60.7 Å². The molecule has 0 saturated carbocycles. The zero-order valence-corrected chi connectivity index (χ0v) is 15.1. The lowest BCUT2D eigenvalue weighted by Crippen LogP contribution is -2.35. The van der Waals surface area contributed by atoms with Gasteiger partial charge in [-0.15, -0.1) is 0 Å². The molecule has 142 valence electrons. The fourth-order valence-corrected chi connectivity index (χ4v) is 3.03. The fourth-order valence-electron chi connectivity index (χ4n) is 3.03. The number of nitrogens with one attached hydrogen (secondary N) is 1. The van der Waals surface area contributed by atoms with Crippen LogP contribution in [0.5, 0.6) is 0 Å². The summed E-state index contributed by atoms with van der Waals surface area (Å²) in [5.41, 5.74) is 2.23. The number of hydrogen-bond donors (Lipinski definition) is 1. The number of nitrogens with zero attached hydrogens (tertiary/aromatic N) is 2. The number of aromatic nitrogens is 1. The minimum absolute atomic E-state index is 0.0966. The van der Waals surface area contributed by atoms with Gasteiger partial charge < -0.3 is 14.6 Å². The Morgan fingerprint density at radius 2 is 1.82 bits per heavy atom. The van der Waals surface area contributed by atoms with Gasteiger partial charge in [-0.2, -0.15) is 0 Å². The van der Waals surface area contributed by atoms with Crippen molar-refractivity contribution in [1.82, 2.24) is 10.5 Å². The maximum absolute atomic E-state index is 12.2. The van der Waals surface area contributed by atoms with Crippen LogP contribution in [0.3, 0.4) is 0 Å². The summed E-state index contributed by atoms with van der Waals surface area (Å²) in [4.78, 5) is 25.8. The highest BCUT2D eigenvalue weighted by molar-refractivity contribution is 5.89. The van der Waals surface area contributed by atoms with Gasteiger partial charge in [0, 0.05) is 17.3 Å². The van der Waals surface area contributed by atoms with Crippen LogP contribution in [0, 0.1) is 0 Å². The molecule has 2 heterocycles. The second-order valence-corrected chi connectivity index (χ2v) is 6.48. The number of carbonyl (C=O) groups is 2. The summed E-state index contributed by atoms with van der Waals surface area (Å²) in [5.74, 6) is 0.411. The molecule has 4 rings (SSSR count). The van der Waals surface area contributed by atoms with Crippen LogP contribution < -0.4 is 10.2 Å². The minimum Gasteiger partial charge on any atom is -0.442 e. The van der Waals surface area contributed by atoms with Crippen LogP contribution in [0.15, 0.2) is 71.3 Å². The predicted molar refractivity (Wildman–Crippen MR) is 103 cm³/mol.